The molecule has 0 rings (SSSR count). The van der Waals surface area contributed by atoms with Gasteiger partial charge in [0.2, 0.25) is 0 Å². The van der Waals surface area contributed by atoms with Gasteiger partial charge in [0.25, 0.3) is 0 Å². The zero-order valence-corrected chi connectivity index (χ0v) is 13.1. The Labute approximate surface area is 116 Å². The van der Waals surface area contributed by atoms with Crippen LogP contribution in [0.2, 0.25) is 0 Å². The number of hydrogen-bond acceptors (Lipinski definition) is 4. The van der Waals surface area contributed by atoms with Crippen LogP contribution in [-0.2, 0) is 19.1 Å². The van der Waals surface area contributed by atoms with Gasteiger partial charge in [-0.05, 0) is 17.8 Å². The molecule has 0 amide bonds. The van der Waals surface area contributed by atoms with E-state index in [-0.39, 0.29) is 16.4 Å². The molecule has 19 heavy (non-hydrogen) atoms. The van der Waals surface area contributed by atoms with Crippen molar-refractivity contribution in [1.29, 1.82) is 0 Å². The van der Waals surface area contributed by atoms with E-state index in [2.05, 4.69) is 0 Å². The van der Waals surface area contributed by atoms with Crippen LogP contribution in [0.25, 0.3) is 0 Å². The van der Waals surface area contributed by atoms with Crippen molar-refractivity contribution in [2.24, 2.45) is 10.8 Å². The molecule has 0 saturated carbocycles. The van der Waals surface area contributed by atoms with E-state index in [1.165, 1.54) is 6.08 Å². The second-order valence-electron chi connectivity index (χ2n) is 7.13. The number of rotatable bonds is 4. The average molecular weight is 270 g/mol. The fourth-order valence-corrected chi connectivity index (χ4v) is 0.961. The molecule has 0 aliphatic rings. The summed E-state index contributed by atoms with van der Waals surface area (Å²) in [5.74, 6) is -0.997. The van der Waals surface area contributed by atoms with E-state index in [0.717, 1.165) is 0 Å². The van der Waals surface area contributed by atoms with Crippen molar-refractivity contribution in [3.05, 3.63) is 11.6 Å². The minimum Gasteiger partial charge on any atom is -0.462 e. The van der Waals surface area contributed by atoms with Crippen LogP contribution in [0.15, 0.2) is 11.6 Å². The molecule has 4 nitrogen and oxygen atoms in total. The van der Waals surface area contributed by atoms with Crippen LogP contribution in [0.4, 0.5) is 0 Å². The first-order valence-electron chi connectivity index (χ1n) is 6.43. The van der Waals surface area contributed by atoms with Gasteiger partial charge in [-0.2, -0.15) is 0 Å². The van der Waals surface area contributed by atoms with Gasteiger partial charge in [-0.1, -0.05) is 41.5 Å². The van der Waals surface area contributed by atoms with Crippen LogP contribution in [0.1, 0.15) is 48.5 Å². The van der Waals surface area contributed by atoms with Crippen LogP contribution < -0.4 is 0 Å². The summed E-state index contributed by atoms with van der Waals surface area (Å²) in [5.41, 5.74) is 0.0653. The normalized spacial score (nSPS) is 13.1. The third-order valence-electron chi connectivity index (χ3n) is 1.94. The number of ether oxygens (including phenoxy) is 2. The Morgan fingerprint density at radius 2 is 1.32 bits per heavy atom. The molecule has 0 fully saturated rings. The minimum absolute atomic E-state index is 0.0931. The van der Waals surface area contributed by atoms with Crippen molar-refractivity contribution >= 4 is 11.9 Å². The fourth-order valence-electron chi connectivity index (χ4n) is 0.961. The summed E-state index contributed by atoms with van der Waals surface area (Å²) in [4.78, 5) is 23.1. The van der Waals surface area contributed by atoms with Crippen LogP contribution in [0.5, 0.6) is 0 Å². The first-order chi connectivity index (χ1) is 8.41. The fraction of sp³-hybridized carbons (Fsp3) is 0.733. The maximum absolute atomic E-state index is 11.6. The first-order valence-corrected chi connectivity index (χ1v) is 6.43. The van der Waals surface area contributed by atoms with Gasteiger partial charge < -0.3 is 9.47 Å². The van der Waals surface area contributed by atoms with E-state index in [1.54, 1.807) is 6.92 Å². The van der Waals surface area contributed by atoms with E-state index >= 15 is 0 Å². The first kappa shape index (κ1) is 17.7. The summed E-state index contributed by atoms with van der Waals surface area (Å²) in [6.07, 6.45) is 1.18. The smallest absolute Gasteiger partial charge is 0.333 e. The average Bonchev–Trinajstić information content (AvgIpc) is 2.21. The maximum Gasteiger partial charge on any atom is 0.333 e. The van der Waals surface area contributed by atoms with Crippen molar-refractivity contribution in [1.82, 2.24) is 0 Å². The lowest BCUT2D eigenvalue weighted by Crippen LogP contribution is -2.20. The highest BCUT2D eigenvalue weighted by Crippen LogP contribution is 2.15. The van der Waals surface area contributed by atoms with Crippen molar-refractivity contribution in [2.75, 3.05) is 13.2 Å². The number of hydrogen-bond donors (Lipinski definition) is 0. The molecule has 0 aromatic rings. The summed E-state index contributed by atoms with van der Waals surface area (Å²) in [6.45, 7) is 14.0. The largest absolute Gasteiger partial charge is 0.462 e. The van der Waals surface area contributed by atoms with Gasteiger partial charge in [-0.25, -0.2) is 9.59 Å². The Kier molecular flexibility index (Phi) is 6.27. The van der Waals surface area contributed by atoms with E-state index in [1.807, 2.05) is 41.5 Å². The SMILES string of the molecule is CC(=CC(=O)OCC(C)(C)C)C(=O)OCC(C)(C)C. The van der Waals surface area contributed by atoms with Crippen LogP contribution >= 0.6 is 0 Å². The lowest BCUT2D eigenvalue weighted by Gasteiger charge is -2.18. The number of carbonyl (C=O) groups is 2. The number of esters is 2. The molecule has 0 radical (unpaired) electrons. The summed E-state index contributed by atoms with van der Waals surface area (Å²) in [5, 5.41) is 0. The van der Waals surface area contributed by atoms with Crippen LogP contribution in [0.3, 0.4) is 0 Å². The quantitative estimate of drug-likeness (QED) is 0.582. The molecule has 0 aromatic heterocycles. The Morgan fingerprint density at radius 1 is 0.895 bits per heavy atom. The second kappa shape index (κ2) is 6.73. The topological polar surface area (TPSA) is 52.6 Å². The molecular formula is C15H26O4. The Balaban J connectivity index is 4.31. The van der Waals surface area contributed by atoms with Crippen LogP contribution in [-0.4, -0.2) is 25.2 Å². The van der Waals surface area contributed by atoms with Gasteiger partial charge in [0.05, 0.1) is 13.2 Å². The molecule has 0 bridgehead atoms. The zero-order valence-electron chi connectivity index (χ0n) is 13.1. The maximum atomic E-state index is 11.6. The lowest BCUT2D eigenvalue weighted by atomic mass is 9.98. The van der Waals surface area contributed by atoms with Gasteiger partial charge in [0, 0.05) is 11.6 Å². The zero-order chi connectivity index (χ0) is 15.3. The third kappa shape index (κ3) is 10.3. The van der Waals surface area contributed by atoms with Gasteiger partial charge in [0.15, 0.2) is 0 Å². The highest BCUT2D eigenvalue weighted by Gasteiger charge is 2.16. The molecule has 110 valence electrons. The molecule has 0 saturated heterocycles. The van der Waals surface area contributed by atoms with Gasteiger partial charge in [-0.15, -0.1) is 0 Å². The molecule has 0 unspecified atom stereocenters. The van der Waals surface area contributed by atoms with E-state index in [9.17, 15) is 9.59 Å². The molecule has 0 N–H and O–H groups in total. The van der Waals surface area contributed by atoms with E-state index < -0.39 is 11.9 Å². The summed E-state index contributed by atoms with van der Waals surface area (Å²) >= 11 is 0. The predicted molar refractivity (Wildman–Crippen MR) is 74.6 cm³/mol. The molecule has 0 spiro atoms. The standard InChI is InChI=1S/C15H26O4/c1-11(13(17)19-10-15(5,6)7)8-12(16)18-9-14(2,3)4/h8H,9-10H2,1-7H3. The van der Waals surface area contributed by atoms with Gasteiger partial charge in [0.1, 0.15) is 0 Å². The van der Waals surface area contributed by atoms with Crippen molar-refractivity contribution < 1.29 is 19.1 Å². The Bertz CT molecular complexity index is 353. The van der Waals surface area contributed by atoms with Crippen molar-refractivity contribution in [2.45, 2.75) is 48.5 Å². The monoisotopic (exact) mass is 270 g/mol. The molecule has 0 heterocycles. The van der Waals surface area contributed by atoms with Gasteiger partial charge in [-0.3, -0.25) is 0 Å². The van der Waals surface area contributed by atoms with Crippen LogP contribution in [0, 0.1) is 10.8 Å². The van der Waals surface area contributed by atoms with E-state index in [0.29, 0.717) is 13.2 Å². The molecule has 4 heteroatoms. The highest BCUT2D eigenvalue weighted by atomic mass is 16.5. The molecule has 0 atom stereocenters. The summed E-state index contributed by atoms with van der Waals surface area (Å²) < 4.78 is 10.1. The third-order valence-corrected chi connectivity index (χ3v) is 1.94. The minimum atomic E-state index is -0.514. The molecule has 0 aromatic carbocycles. The summed E-state index contributed by atoms with van der Waals surface area (Å²) in [7, 11) is 0. The highest BCUT2D eigenvalue weighted by molar-refractivity contribution is 5.95. The van der Waals surface area contributed by atoms with Gasteiger partial charge >= 0.3 is 11.9 Å². The molecule has 0 aliphatic heterocycles. The summed E-state index contributed by atoms with van der Waals surface area (Å²) in [6, 6.07) is 0. The molecular weight excluding hydrogens is 244 g/mol. The second-order valence-corrected chi connectivity index (χ2v) is 7.13. The van der Waals surface area contributed by atoms with Crippen molar-refractivity contribution in [3.63, 3.8) is 0 Å². The number of carbonyl (C=O) groups excluding carboxylic acids is 2. The van der Waals surface area contributed by atoms with E-state index in [4.69, 9.17) is 9.47 Å². The predicted octanol–water partition coefficient (Wildman–Crippen LogP) is 3.11. The Morgan fingerprint density at radius 3 is 1.74 bits per heavy atom. The van der Waals surface area contributed by atoms with Crippen molar-refractivity contribution in [3.8, 4) is 0 Å². The lowest BCUT2D eigenvalue weighted by molar-refractivity contribution is -0.144. The molecule has 0 aliphatic carbocycles. The Hall–Kier alpha value is -1.32.